The fourth-order valence-corrected chi connectivity index (χ4v) is 3.80. The monoisotopic (exact) mass is 339 g/mol. The van der Waals surface area contributed by atoms with Gasteiger partial charge < -0.3 is 15.2 Å². The van der Waals surface area contributed by atoms with Crippen molar-refractivity contribution in [3.63, 3.8) is 0 Å². The van der Waals surface area contributed by atoms with Crippen molar-refractivity contribution in [3.05, 3.63) is 21.7 Å². The normalized spacial score (nSPS) is 20.9. The van der Waals surface area contributed by atoms with E-state index in [2.05, 4.69) is 42.8 Å². The highest BCUT2D eigenvalue weighted by atomic mass is 79.9. The zero-order valence-corrected chi connectivity index (χ0v) is 13.9. The van der Waals surface area contributed by atoms with Crippen LogP contribution in [0.1, 0.15) is 50.7 Å². The molecule has 1 unspecified atom stereocenters. The third-order valence-corrected chi connectivity index (χ3v) is 5.17. The molecule has 2 N–H and O–H groups in total. The Morgan fingerprint density at radius 2 is 1.75 bits per heavy atom. The average Bonchev–Trinajstić information content (AvgIpc) is 3.19. The zero-order valence-electron chi connectivity index (χ0n) is 12.3. The lowest BCUT2D eigenvalue weighted by Crippen LogP contribution is -2.33. The Balaban J connectivity index is 2.22. The fraction of sp³-hybridized carbons (Fsp3) is 0.625. The van der Waals surface area contributed by atoms with Crippen LogP contribution in [-0.2, 0) is 5.41 Å². The summed E-state index contributed by atoms with van der Waals surface area (Å²) in [5.41, 5.74) is 9.02. The maximum absolute atomic E-state index is 6.27. The van der Waals surface area contributed by atoms with E-state index < -0.39 is 0 Å². The molecule has 20 heavy (non-hydrogen) atoms. The summed E-state index contributed by atoms with van der Waals surface area (Å²) < 4.78 is 12.7. The molecule has 1 aliphatic heterocycles. The lowest BCUT2D eigenvalue weighted by atomic mass is 9.82. The zero-order chi connectivity index (χ0) is 14.5. The number of nitrogens with two attached hydrogens (primary N) is 1. The Kier molecular flexibility index (Phi) is 3.49. The predicted molar refractivity (Wildman–Crippen MR) is 83.8 cm³/mol. The summed E-state index contributed by atoms with van der Waals surface area (Å²) in [6.07, 6.45) is 2.33. The van der Waals surface area contributed by atoms with Gasteiger partial charge in [0.2, 0.25) is 0 Å². The topological polar surface area (TPSA) is 44.5 Å². The van der Waals surface area contributed by atoms with Gasteiger partial charge in [0, 0.05) is 17.0 Å². The van der Waals surface area contributed by atoms with Gasteiger partial charge in [-0.3, -0.25) is 0 Å². The largest absolute Gasteiger partial charge is 0.486 e. The van der Waals surface area contributed by atoms with Crippen LogP contribution in [-0.4, -0.2) is 19.3 Å². The highest BCUT2D eigenvalue weighted by Crippen LogP contribution is 2.56. The summed E-state index contributed by atoms with van der Waals surface area (Å²) in [5.74, 6) is 2.16. The molecule has 1 aromatic rings. The molecule has 0 amide bonds. The maximum Gasteiger partial charge on any atom is 0.175 e. The molecule has 110 valence electrons. The molecule has 4 heteroatoms. The third-order valence-electron chi connectivity index (χ3n) is 4.58. The van der Waals surface area contributed by atoms with Crippen LogP contribution in [0, 0.1) is 0 Å². The van der Waals surface area contributed by atoms with Crippen LogP contribution in [0.15, 0.2) is 10.5 Å². The molecule has 1 aromatic carbocycles. The van der Waals surface area contributed by atoms with Gasteiger partial charge in [-0.05, 0) is 53.2 Å². The van der Waals surface area contributed by atoms with E-state index in [0.29, 0.717) is 19.1 Å². The molecule has 0 saturated heterocycles. The van der Waals surface area contributed by atoms with Crippen LogP contribution in [0.4, 0.5) is 0 Å². The number of ether oxygens (including phenoxy) is 2. The Labute approximate surface area is 129 Å². The Hall–Kier alpha value is -0.740. The summed E-state index contributed by atoms with van der Waals surface area (Å²) in [4.78, 5) is 0. The number of rotatable bonds is 3. The number of fused-ring (bicyclic) bond motifs is 1. The van der Waals surface area contributed by atoms with Gasteiger partial charge in [-0.25, -0.2) is 0 Å². The van der Waals surface area contributed by atoms with Gasteiger partial charge in [0.1, 0.15) is 13.2 Å². The van der Waals surface area contributed by atoms with Crippen LogP contribution in [0.5, 0.6) is 11.5 Å². The Morgan fingerprint density at radius 1 is 1.15 bits per heavy atom. The minimum atomic E-state index is 0.123. The molecule has 3 rings (SSSR count). The standard InChI is InChI=1S/C16H22BrNO2/c1-9(2)13-11(16(4-5-16)10(3)18)8-12(17)14-15(13)20-7-6-19-14/h8-10H,4-7,18H2,1-3H3. The second-order valence-electron chi connectivity index (χ2n) is 6.27. The molecular weight excluding hydrogens is 318 g/mol. The number of benzene rings is 1. The lowest BCUT2D eigenvalue weighted by molar-refractivity contribution is 0.167. The number of hydrogen-bond donors (Lipinski definition) is 1. The lowest BCUT2D eigenvalue weighted by Gasteiger charge is -2.30. The molecule has 0 spiro atoms. The highest BCUT2D eigenvalue weighted by Gasteiger charge is 2.50. The third kappa shape index (κ3) is 2.04. The second-order valence-corrected chi connectivity index (χ2v) is 7.13. The predicted octanol–water partition coefficient (Wildman–Crippen LogP) is 3.72. The van der Waals surface area contributed by atoms with Crippen molar-refractivity contribution in [2.45, 2.75) is 51.0 Å². The fourth-order valence-electron chi connectivity index (χ4n) is 3.28. The minimum absolute atomic E-state index is 0.123. The summed E-state index contributed by atoms with van der Waals surface area (Å²) in [7, 11) is 0. The molecule has 0 aromatic heterocycles. The van der Waals surface area contributed by atoms with Crippen molar-refractivity contribution in [3.8, 4) is 11.5 Å². The van der Waals surface area contributed by atoms with E-state index in [9.17, 15) is 0 Å². The molecule has 1 fully saturated rings. The highest BCUT2D eigenvalue weighted by molar-refractivity contribution is 9.10. The summed E-state index contributed by atoms with van der Waals surface area (Å²) in [6, 6.07) is 2.37. The quantitative estimate of drug-likeness (QED) is 0.912. The van der Waals surface area contributed by atoms with Crippen molar-refractivity contribution >= 4 is 15.9 Å². The molecule has 0 radical (unpaired) electrons. The van der Waals surface area contributed by atoms with Gasteiger partial charge in [-0.15, -0.1) is 0 Å². The van der Waals surface area contributed by atoms with E-state index in [1.54, 1.807) is 0 Å². The molecule has 1 atom stereocenters. The van der Waals surface area contributed by atoms with E-state index in [-0.39, 0.29) is 11.5 Å². The van der Waals surface area contributed by atoms with Gasteiger partial charge >= 0.3 is 0 Å². The van der Waals surface area contributed by atoms with Crippen molar-refractivity contribution in [1.82, 2.24) is 0 Å². The van der Waals surface area contributed by atoms with Crippen molar-refractivity contribution < 1.29 is 9.47 Å². The maximum atomic E-state index is 6.27. The van der Waals surface area contributed by atoms with Crippen LogP contribution in [0.25, 0.3) is 0 Å². The first kappa shape index (κ1) is 14.2. The molecule has 1 saturated carbocycles. The average molecular weight is 340 g/mol. The van der Waals surface area contributed by atoms with Gasteiger partial charge in [0.05, 0.1) is 4.47 Å². The van der Waals surface area contributed by atoms with E-state index >= 15 is 0 Å². The Morgan fingerprint density at radius 3 is 2.25 bits per heavy atom. The van der Waals surface area contributed by atoms with Crippen molar-refractivity contribution in [2.24, 2.45) is 5.73 Å². The molecule has 1 aliphatic carbocycles. The molecule has 3 nitrogen and oxygen atoms in total. The van der Waals surface area contributed by atoms with Gasteiger partial charge in [-0.2, -0.15) is 0 Å². The van der Waals surface area contributed by atoms with Gasteiger partial charge in [0.15, 0.2) is 11.5 Å². The van der Waals surface area contributed by atoms with E-state index in [4.69, 9.17) is 15.2 Å². The summed E-state index contributed by atoms with van der Waals surface area (Å²) in [5, 5.41) is 0. The van der Waals surface area contributed by atoms with Crippen LogP contribution >= 0.6 is 15.9 Å². The van der Waals surface area contributed by atoms with E-state index in [0.717, 1.165) is 28.8 Å². The van der Waals surface area contributed by atoms with Gasteiger partial charge in [-0.1, -0.05) is 13.8 Å². The van der Waals surface area contributed by atoms with E-state index in [1.165, 1.54) is 11.1 Å². The first-order valence-corrected chi connectivity index (χ1v) is 8.14. The van der Waals surface area contributed by atoms with Crippen LogP contribution in [0.3, 0.4) is 0 Å². The first-order chi connectivity index (χ1) is 9.47. The summed E-state index contributed by atoms with van der Waals surface area (Å²) >= 11 is 3.64. The smallest absolute Gasteiger partial charge is 0.175 e. The first-order valence-electron chi connectivity index (χ1n) is 7.35. The molecule has 2 aliphatic rings. The summed E-state index contributed by atoms with van der Waals surface area (Å²) in [6.45, 7) is 7.76. The molecule has 1 heterocycles. The van der Waals surface area contributed by atoms with Crippen molar-refractivity contribution in [2.75, 3.05) is 13.2 Å². The van der Waals surface area contributed by atoms with Crippen LogP contribution < -0.4 is 15.2 Å². The van der Waals surface area contributed by atoms with Gasteiger partial charge in [0.25, 0.3) is 0 Å². The SMILES string of the molecule is CC(C)c1c(C2(C(C)N)CC2)cc(Br)c2c1OCCO2. The Bertz CT molecular complexity index is 536. The number of hydrogen-bond acceptors (Lipinski definition) is 3. The molecule has 0 bridgehead atoms. The van der Waals surface area contributed by atoms with E-state index in [1.807, 2.05) is 0 Å². The second kappa shape index (κ2) is 4.92. The number of halogens is 1. The molecular formula is C16H22BrNO2. The van der Waals surface area contributed by atoms with Crippen molar-refractivity contribution in [1.29, 1.82) is 0 Å². The van der Waals surface area contributed by atoms with Crippen LogP contribution in [0.2, 0.25) is 0 Å². The minimum Gasteiger partial charge on any atom is -0.486 e.